The van der Waals surface area contributed by atoms with Crippen molar-refractivity contribution in [2.45, 2.75) is 45.1 Å². The van der Waals surface area contributed by atoms with Crippen molar-refractivity contribution in [3.8, 4) is 22.8 Å². The Morgan fingerprint density at radius 3 is 2.36 bits per heavy atom. The van der Waals surface area contributed by atoms with E-state index in [2.05, 4.69) is 14.5 Å². The molecule has 0 unspecified atom stereocenters. The first-order chi connectivity index (χ1) is 19.1. The predicted octanol–water partition coefficient (Wildman–Crippen LogP) is 6.77. The SMILES string of the molecule is Cc1ccc2nc(-c3nc4c(-c5ccc6ncccc6n5)c(C(=O)O)ccc4n3C3CCCCC3)ccc2n1. The van der Waals surface area contributed by atoms with Crippen molar-refractivity contribution in [2.75, 3.05) is 0 Å². The van der Waals surface area contributed by atoms with Crippen LogP contribution in [0.4, 0.5) is 0 Å². The Labute approximate surface area is 224 Å². The van der Waals surface area contributed by atoms with Gasteiger partial charge in [0.25, 0.3) is 0 Å². The van der Waals surface area contributed by atoms with Crippen LogP contribution < -0.4 is 0 Å². The standard InChI is InChI=1S/C31H26N6O2/c1-18-9-11-24-23(33-18)13-15-26(35-24)30-36-29-27(37(30)19-6-3-2-4-7-19)16-10-20(31(38)39)28(29)25-14-12-21-22(34-25)8-5-17-32-21/h5,8-17,19H,2-4,6-7H2,1H3,(H,38,39). The second-order valence-electron chi connectivity index (χ2n) is 10.2. The van der Waals surface area contributed by atoms with Gasteiger partial charge in [-0.15, -0.1) is 0 Å². The van der Waals surface area contributed by atoms with Gasteiger partial charge < -0.3 is 9.67 Å². The number of carbonyl (C=O) groups is 1. The van der Waals surface area contributed by atoms with Crippen LogP contribution in [0.5, 0.6) is 0 Å². The number of hydrogen-bond donors (Lipinski definition) is 1. The van der Waals surface area contributed by atoms with Crippen LogP contribution in [0.2, 0.25) is 0 Å². The molecular formula is C31H26N6O2. The summed E-state index contributed by atoms with van der Waals surface area (Å²) in [4.78, 5) is 36.3. The maximum atomic E-state index is 12.4. The van der Waals surface area contributed by atoms with E-state index >= 15 is 0 Å². The Hall–Kier alpha value is -4.72. The van der Waals surface area contributed by atoms with E-state index in [1.165, 1.54) is 6.42 Å². The fraction of sp³-hybridized carbons (Fsp3) is 0.226. The van der Waals surface area contributed by atoms with Crippen LogP contribution in [-0.2, 0) is 0 Å². The Kier molecular flexibility index (Phi) is 5.54. The lowest BCUT2D eigenvalue weighted by Crippen LogP contribution is -2.14. The van der Waals surface area contributed by atoms with E-state index < -0.39 is 5.97 Å². The molecule has 8 nitrogen and oxygen atoms in total. The molecule has 39 heavy (non-hydrogen) atoms. The zero-order valence-corrected chi connectivity index (χ0v) is 21.5. The zero-order chi connectivity index (χ0) is 26.5. The number of rotatable bonds is 4. The topological polar surface area (TPSA) is 107 Å². The average molecular weight is 515 g/mol. The van der Waals surface area contributed by atoms with Crippen molar-refractivity contribution >= 4 is 39.1 Å². The summed E-state index contributed by atoms with van der Waals surface area (Å²) >= 11 is 0. The van der Waals surface area contributed by atoms with Crippen molar-refractivity contribution in [2.24, 2.45) is 0 Å². The second kappa shape index (κ2) is 9.23. The number of nitrogens with zero attached hydrogens (tertiary/aromatic N) is 6. The van der Waals surface area contributed by atoms with Gasteiger partial charge in [0.2, 0.25) is 0 Å². The molecule has 7 rings (SSSR count). The number of fused-ring (bicyclic) bond motifs is 3. The minimum absolute atomic E-state index is 0.171. The van der Waals surface area contributed by atoms with Gasteiger partial charge in [-0.1, -0.05) is 19.3 Å². The Balaban J connectivity index is 1.52. The molecule has 0 radical (unpaired) electrons. The van der Waals surface area contributed by atoms with E-state index in [1.54, 1.807) is 12.3 Å². The first-order valence-electron chi connectivity index (χ1n) is 13.3. The van der Waals surface area contributed by atoms with E-state index in [0.717, 1.165) is 65.0 Å². The number of aromatic nitrogens is 6. The molecule has 0 atom stereocenters. The highest BCUT2D eigenvalue weighted by atomic mass is 16.4. The van der Waals surface area contributed by atoms with E-state index in [4.69, 9.17) is 15.0 Å². The second-order valence-corrected chi connectivity index (χ2v) is 10.2. The van der Waals surface area contributed by atoms with Crippen LogP contribution in [0.3, 0.4) is 0 Å². The predicted molar refractivity (Wildman–Crippen MR) is 151 cm³/mol. The fourth-order valence-electron chi connectivity index (χ4n) is 5.82. The Bertz CT molecular complexity index is 1910. The smallest absolute Gasteiger partial charge is 0.336 e. The molecule has 6 aromatic rings. The van der Waals surface area contributed by atoms with Gasteiger partial charge in [-0.3, -0.25) is 9.97 Å². The highest BCUT2D eigenvalue weighted by molar-refractivity contribution is 6.06. The van der Waals surface area contributed by atoms with Crippen molar-refractivity contribution in [1.82, 2.24) is 29.5 Å². The van der Waals surface area contributed by atoms with Crippen LogP contribution in [0, 0.1) is 6.92 Å². The number of imidazole rings is 1. The van der Waals surface area contributed by atoms with E-state index in [9.17, 15) is 9.90 Å². The molecule has 0 bridgehead atoms. The van der Waals surface area contributed by atoms with E-state index in [-0.39, 0.29) is 11.6 Å². The Morgan fingerprint density at radius 1 is 0.795 bits per heavy atom. The molecule has 1 aromatic carbocycles. The molecule has 1 aliphatic rings. The first-order valence-corrected chi connectivity index (χ1v) is 13.3. The molecule has 8 heteroatoms. The molecule has 1 aliphatic carbocycles. The fourth-order valence-corrected chi connectivity index (χ4v) is 5.82. The third-order valence-electron chi connectivity index (χ3n) is 7.66. The van der Waals surface area contributed by atoms with Crippen LogP contribution in [0.15, 0.2) is 66.9 Å². The molecule has 0 saturated heterocycles. The summed E-state index contributed by atoms with van der Waals surface area (Å²) in [5.41, 5.74) is 7.54. The van der Waals surface area contributed by atoms with Crippen molar-refractivity contribution in [3.05, 3.63) is 78.1 Å². The summed E-state index contributed by atoms with van der Waals surface area (Å²) in [6, 6.07) is 19.1. The lowest BCUT2D eigenvalue weighted by molar-refractivity contribution is 0.0698. The zero-order valence-electron chi connectivity index (χ0n) is 21.5. The molecular weight excluding hydrogens is 488 g/mol. The highest BCUT2D eigenvalue weighted by Crippen LogP contribution is 2.39. The lowest BCUT2D eigenvalue weighted by atomic mass is 9.94. The van der Waals surface area contributed by atoms with Gasteiger partial charge in [-0.05, 0) is 80.4 Å². The van der Waals surface area contributed by atoms with Crippen molar-refractivity contribution < 1.29 is 9.90 Å². The molecule has 0 spiro atoms. The number of benzene rings is 1. The summed E-state index contributed by atoms with van der Waals surface area (Å²) in [7, 11) is 0. The molecule has 1 saturated carbocycles. The maximum absolute atomic E-state index is 12.4. The molecule has 1 fully saturated rings. The summed E-state index contributed by atoms with van der Waals surface area (Å²) in [6.07, 6.45) is 7.33. The largest absolute Gasteiger partial charge is 0.478 e. The number of carboxylic acids is 1. The number of hydrogen-bond acceptors (Lipinski definition) is 6. The summed E-state index contributed by atoms with van der Waals surface area (Å²) in [6.45, 7) is 1.97. The monoisotopic (exact) mass is 514 g/mol. The van der Waals surface area contributed by atoms with Crippen LogP contribution in [0.25, 0.3) is 55.9 Å². The molecule has 5 heterocycles. The van der Waals surface area contributed by atoms with Gasteiger partial charge in [-0.25, -0.2) is 19.7 Å². The molecule has 192 valence electrons. The Morgan fingerprint density at radius 2 is 1.51 bits per heavy atom. The first kappa shape index (κ1) is 23.4. The summed E-state index contributed by atoms with van der Waals surface area (Å²) < 4.78 is 2.28. The van der Waals surface area contributed by atoms with Gasteiger partial charge in [0.1, 0.15) is 5.69 Å². The third-order valence-corrected chi connectivity index (χ3v) is 7.66. The number of carboxylic acid groups (broad SMARTS) is 1. The van der Waals surface area contributed by atoms with Gasteiger partial charge in [-0.2, -0.15) is 0 Å². The third kappa shape index (κ3) is 4.00. The number of pyridine rings is 4. The lowest BCUT2D eigenvalue weighted by Gasteiger charge is -2.25. The molecule has 0 aliphatic heterocycles. The van der Waals surface area contributed by atoms with E-state index in [1.807, 2.05) is 61.5 Å². The van der Waals surface area contributed by atoms with E-state index in [0.29, 0.717) is 22.3 Å². The highest BCUT2D eigenvalue weighted by Gasteiger charge is 2.27. The maximum Gasteiger partial charge on any atom is 0.336 e. The summed E-state index contributed by atoms with van der Waals surface area (Å²) in [5.74, 6) is -0.273. The minimum atomic E-state index is -1.01. The normalized spacial score (nSPS) is 14.4. The van der Waals surface area contributed by atoms with Crippen LogP contribution in [0.1, 0.15) is 54.2 Å². The van der Waals surface area contributed by atoms with Gasteiger partial charge in [0.05, 0.1) is 44.4 Å². The molecule has 5 aromatic heterocycles. The quantitative estimate of drug-likeness (QED) is 0.277. The molecule has 1 N–H and O–H groups in total. The number of aryl methyl sites for hydroxylation is 1. The number of aromatic carboxylic acids is 1. The van der Waals surface area contributed by atoms with Gasteiger partial charge >= 0.3 is 5.97 Å². The summed E-state index contributed by atoms with van der Waals surface area (Å²) in [5, 5.41) is 10.2. The van der Waals surface area contributed by atoms with Crippen LogP contribution in [-0.4, -0.2) is 40.6 Å². The van der Waals surface area contributed by atoms with Crippen molar-refractivity contribution in [1.29, 1.82) is 0 Å². The van der Waals surface area contributed by atoms with Crippen LogP contribution >= 0.6 is 0 Å². The van der Waals surface area contributed by atoms with Gasteiger partial charge in [0, 0.05) is 23.5 Å². The minimum Gasteiger partial charge on any atom is -0.478 e. The van der Waals surface area contributed by atoms with Gasteiger partial charge in [0.15, 0.2) is 5.82 Å². The van der Waals surface area contributed by atoms with Crippen molar-refractivity contribution in [3.63, 3.8) is 0 Å². The average Bonchev–Trinajstić information content (AvgIpc) is 3.36. The molecule has 0 amide bonds.